The van der Waals surface area contributed by atoms with Crippen LogP contribution in [0.15, 0.2) is 0 Å². The monoisotopic (exact) mass is 392 g/mol. The second-order valence-electron chi connectivity index (χ2n) is 5.42. The van der Waals surface area contributed by atoms with Gasteiger partial charge in [-0.05, 0) is 12.3 Å². The zero-order valence-corrected chi connectivity index (χ0v) is 14.3. The van der Waals surface area contributed by atoms with Crippen LogP contribution in [0.2, 0.25) is 0 Å². The molecule has 0 spiro atoms. The number of hydrogen-bond donors (Lipinski definition) is 0. The van der Waals surface area contributed by atoms with E-state index in [4.69, 9.17) is 34.8 Å². The molecule has 0 amide bonds. The lowest BCUT2D eigenvalue weighted by molar-refractivity contribution is -0.288. The predicted octanol–water partition coefficient (Wildman–Crippen LogP) is 5.33. The van der Waals surface area contributed by atoms with E-state index in [-0.39, 0.29) is 13.0 Å². The number of carbonyl (C=O) groups is 1. The Morgan fingerprint density at radius 2 is 1.59 bits per heavy atom. The van der Waals surface area contributed by atoms with Crippen molar-refractivity contribution in [2.24, 2.45) is 5.41 Å². The molecule has 0 rings (SSSR count). The molecule has 1 atom stereocenters. The second kappa shape index (κ2) is 7.26. The highest BCUT2D eigenvalue weighted by Crippen LogP contribution is 2.53. The van der Waals surface area contributed by atoms with Gasteiger partial charge >= 0.3 is 18.1 Å². The van der Waals surface area contributed by atoms with E-state index in [0.717, 1.165) is 0 Å². The Hall–Kier alpha value is -0.0100. The summed E-state index contributed by atoms with van der Waals surface area (Å²) in [4.78, 5) is 11.4. The van der Waals surface area contributed by atoms with Gasteiger partial charge < -0.3 is 4.74 Å². The van der Waals surface area contributed by atoms with Gasteiger partial charge in [-0.15, -0.1) is 11.6 Å². The van der Waals surface area contributed by atoms with Crippen LogP contribution in [0.1, 0.15) is 33.6 Å². The van der Waals surface area contributed by atoms with Gasteiger partial charge in [0.1, 0.15) is 0 Å². The van der Waals surface area contributed by atoms with Gasteiger partial charge in [-0.1, -0.05) is 37.0 Å². The molecule has 0 aliphatic rings. The first-order valence-corrected chi connectivity index (χ1v) is 7.40. The number of alkyl halides is 8. The van der Waals surface area contributed by atoms with Crippen molar-refractivity contribution in [1.82, 2.24) is 0 Å². The highest BCUT2D eigenvalue weighted by Gasteiger charge is 2.70. The molecule has 0 heterocycles. The van der Waals surface area contributed by atoms with E-state index >= 15 is 0 Å². The summed E-state index contributed by atoms with van der Waals surface area (Å²) in [5, 5.41) is -1.32. The standard InChI is InChI=1S/C12H16Cl3F5O2/c1-4-22-8(21)6-9(2,3)7(13)5-10(14,15)11(16,17)12(18,19)20/h7H,4-6H2,1-3H3. The number of ether oxygens (including phenoxy) is 1. The normalized spacial score (nSPS) is 15.6. The van der Waals surface area contributed by atoms with Gasteiger partial charge in [-0.3, -0.25) is 4.79 Å². The molecule has 2 nitrogen and oxygen atoms in total. The van der Waals surface area contributed by atoms with Gasteiger partial charge in [0, 0.05) is 11.8 Å². The number of esters is 1. The summed E-state index contributed by atoms with van der Waals surface area (Å²) in [5.41, 5.74) is -1.15. The van der Waals surface area contributed by atoms with E-state index in [1.807, 2.05) is 0 Å². The maximum Gasteiger partial charge on any atom is 0.456 e. The summed E-state index contributed by atoms with van der Waals surface area (Å²) in [6.07, 6.45) is -7.27. The smallest absolute Gasteiger partial charge is 0.456 e. The molecule has 0 N–H and O–H groups in total. The van der Waals surface area contributed by atoms with Crippen molar-refractivity contribution in [3.63, 3.8) is 0 Å². The summed E-state index contributed by atoms with van der Waals surface area (Å²) in [7, 11) is 0. The largest absolute Gasteiger partial charge is 0.466 e. The lowest BCUT2D eigenvalue weighted by Crippen LogP contribution is -2.52. The van der Waals surface area contributed by atoms with E-state index in [2.05, 4.69) is 4.74 Å². The molecule has 0 aromatic carbocycles. The highest BCUT2D eigenvalue weighted by molar-refractivity contribution is 6.49. The SMILES string of the molecule is CCOC(=O)CC(C)(C)C(Cl)CC(Cl)(Cl)C(F)(F)C(F)(F)F. The molecular weight excluding hydrogens is 377 g/mol. The summed E-state index contributed by atoms with van der Waals surface area (Å²) in [5.74, 6) is -6.01. The Bertz CT molecular complexity index is 397. The van der Waals surface area contributed by atoms with Crippen molar-refractivity contribution >= 4 is 40.8 Å². The van der Waals surface area contributed by atoms with Gasteiger partial charge in [0.2, 0.25) is 0 Å². The van der Waals surface area contributed by atoms with E-state index in [1.54, 1.807) is 6.92 Å². The zero-order valence-electron chi connectivity index (χ0n) is 12.0. The maximum atomic E-state index is 13.3. The Balaban J connectivity index is 5.09. The average Bonchev–Trinajstić information content (AvgIpc) is 2.25. The molecule has 0 saturated carbocycles. The fourth-order valence-corrected chi connectivity index (χ4v) is 2.52. The van der Waals surface area contributed by atoms with Crippen LogP contribution < -0.4 is 0 Å². The first-order chi connectivity index (χ1) is 9.58. The molecule has 132 valence electrons. The van der Waals surface area contributed by atoms with E-state index in [0.29, 0.717) is 0 Å². The van der Waals surface area contributed by atoms with Crippen LogP contribution in [0.25, 0.3) is 0 Å². The fraction of sp³-hybridized carbons (Fsp3) is 0.917. The zero-order chi connectivity index (χ0) is 18.0. The summed E-state index contributed by atoms with van der Waals surface area (Å²) in [6.45, 7) is 4.49. The Morgan fingerprint density at radius 1 is 1.14 bits per heavy atom. The maximum absolute atomic E-state index is 13.3. The average molecular weight is 394 g/mol. The highest BCUT2D eigenvalue weighted by atomic mass is 35.5. The molecule has 1 unspecified atom stereocenters. The molecule has 10 heteroatoms. The van der Waals surface area contributed by atoms with Gasteiger partial charge in [-0.2, -0.15) is 22.0 Å². The Kier molecular flexibility index (Phi) is 7.26. The first kappa shape index (κ1) is 22.0. The van der Waals surface area contributed by atoms with Crippen molar-refractivity contribution in [1.29, 1.82) is 0 Å². The van der Waals surface area contributed by atoms with Crippen molar-refractivity contribution in [2.45, 2.75) is 55.4 Å². The lowest BCUT2D eigenvalue weighted by atomic mass is 9.82. The molecule has 0 aromatic heterocycles. The molecule has 22 heavy (non-hydrogen) atoms. The molecule has 0 radical (unpaired) electrons. The summed E-state index contributed by atoms with van der Waals surface area (Å²) in [6, 6.07) is 0. The first-order valence-electron chi connectivity index (χ1n) is 6.20. The van der Waals surface area contributed by atoms with Gasteiger partial charge in [-0.25, -0.2) is 0 Å². The quantitative estimate of drug-likeness (QED) is 0.332. The fourth-order valence-electron chi connectivity index (χ4n) is 1.53. The molecule has 0 fully saturated rings. The number of rotatable bonds is 7. The third-order valence-electron chi connectivity index (χ3n) is 3.00. The summed E-state index contributed by atoms with van der Waals surface area (Å²) < 4.78 is 64.9. The third-order valence-corrected chi connectivity index (χ3v) is 4.53. The predicted molar refractivity (Wildman–Crippen MR) is 74.7 cm³/mol. The number of carbonyl (C=O) groups excluding carboxylic acids is 1. The minimum Gasteiger partial charge on any atom is -0.466 e. The van der Waals surface area contributed by atoms with E-state index in [1.165, 1.54) is 13.8 Å². The minimum absolute atomic E-state index is 0.100. The molecule has 0 aliphatic carbocycles. The van der Waals surface area contributed by atoms with Gasteiger partial charge in [0.25, 0.3) is 0 Å². The van der Waals surface area contributed by atoms with Crippen LogP contribution in [-0.2, 0) is 9.53 Å². The van der Waals surface area contributed by atoms with E-state index < -0.39 is 39.6 Å². The van der Waals surface area contributed by atoms with Crippen LogP contribution in [0.3, 0.4) is 0 Å². The number of halogens is 8. The Morgan fingerprint density at radius 3 is 1.95 bits per heavy atom. The van der Waals surface area contributed by atoms with Crippen LogP contribution >= 0.6 is 34.8 Å². The van der Waals surface area contributed by atoms with Gasteiger partial charge in [0.05, 0.1) is 13.0 Å². The lowest BCUT2D eigenvalue weighted by Gasteiger charge is -2.36. The topological polar surface area (TPSA) is 26.3 Å². The van der Waals surface area contributed by atoms with Crippen molar-refractivity contribution in [3.05, 3.63) is 0 Å². The second-order valence-corrected chi connectivity index (χ2v) is 7.43. The molecular formula is C12H16Cl3F5O2. The van der Waals surface area contributed by atoms with E-state index in [9.17, 15) is 26.7 Å². The molecule has 0 bridgehead atoms. The third kappa shape index (κ3) is 5.27. The molecule has 0 saturated heterocycles. The number of hydrogen-bond acceptors (Lipinski definition) is 2. The van der Waals surface area contributed by atoms with Crippen LogP contribution in [0.5, 0.6) is 0 Å². The van der Waals surface area contributed by atoms with Crippen LogP contribution in [0.4, 0.5) is 22.0 Å². The molecule has 0 aromatic rings. The molecule has 0 aliphatic heterocycles. The van der Waals surface area contributed by atoms with Crippen LogP contribution in [-0.4, -0.2) is 34.4 Å². The summed E-state index contributed by atoms with van der Waals surface area (Å²) >= 11 is 16.3. The minimum atomic E-state index is -5.92. The van der Waals surface area contributed by atoms with Gasteiger partial charge in [0.15, 0.2) is 4.33 Å². The van der Waals surface area contributed by atoms with Crippen molar-refractivity contribution in [3.8, 4) is 0 Å². The van der Waals surface area contributed by atoms with Crippen LogP contribution in [0, 0.1) is 5.41 Å². The van der Waals surface area contributed by atoms with Crippen molar-refractivity contribution in [2.75, 3.05) is 6.61 Å². The Labute approximate surface area is 140 Å². The van der Waals surface area contributed by atoms with Crippen molar-refractivity contribution < 1.29 is 31.5 Å².